The maximum absolute atomic E-state index is 13.2. The topological polar surface area (TPSA) is 51.3 Å². The van der Waals surface area contributed by atoms with Crippen molar-refractivity contribution >= 4 is 5.91 Å². The van der Waals surface area contributed by atoms with Crippen LogP contribution in [-0.2, 0) is 6.54 Å². The van der Waals surface area contributed by atoms with Gasteiger partial charge in [0.25, 0.3) is 5.91 Å². The van der Waals surface area contributed by atoms with Crippen molar-refractivity contribution in [2.45, 2.75) is 38.8 Å². The molecular weight excluding hydrogens is 298 g/mol. The number of aromatic nitrogens is 1. The van der Waals surface area contributed by atoms with E-state index in [2.05, 4.69) is 19.1 Å². The molecule has 2 unspecified atom stereocenters. The molecule has 1 heterocycles. The van der Waals surface area contributed by atoms with Crippen LogP contribution in [0, 0.1) is 5.92 Å². The Morgan fingerprint density at radius 3 is 2.71 bits per heavy atom. The Balaban J connectivity index is 1.80. The molecule has 1 amide bonds. The third-order valence-electron chi connectivity index (χ3n) is 5.17. The molecule has 3 rings (SSSR count). The molecule has 1 fully saturated rings. The minimum absolute atomic E-state index is 0.129. The molecule has 1 aliphatic carbocycles. The molecule has 1 aromatic carbocycles. The lowest BCUT2D eigenvalue weighted by atomic mass is 10.0. The minimum Gasteiger partial charge on any atom is -0.339 e. The van der Waals surface area contributed by atoms with Crippen molar-refractivity contribution < 1.29 is 4.79 Å². The van der Waals surface area contributed by atoms with Crippen molar-refractivity contribution in [3.63, 3.8) is 0 Å². The summed E-state index contributed by atoms with van der Waals surface area (Å²) in [5.41, 5.74) is 7.89. The molecule has 1 aliphatic rings. The van der Waals surface area contributed by atoms with E-state index in [1.807, 2.05) is 46.0 Å². The Hall–Kier alpha value is -2.07. The minimum atomic E-state index is 0.129. The van der Waals surface area contributed by atoms with Crippen LogP contribution in [0.1, 0.15) is 42.2 Å². The summed E-state index contributed by atoms with van der Waals surface area (Å²) in [5, 5.41) is 0. The van der Waals surface area contributed by atoms with Gasteiger partial charge in [-0.3, -0.25) is 4.79 Å². The molecule has 24 heavy (non-hydrogen) atoms. The number of hydrogen-bond donors (Lipinski definition) is 1. The Morgan fingerprint density at radius 1 is 1.21 bits per heavy atom. The molecule has 1 saturated carbocycles. The molecule has 128 valence electrons. The Labute approximate surface area is 144 Å². The first kappa shape index (κ1) is 16.8. The molecule has 0 spiro atoms. The van der Waals surface area contributed by atoms with E-state index < -0.39 is 0 Å². The lowest BCUT2D eigenvalue weighted by molar-refractivity contribution is 0.0641. The summed E-state index contributed by atoms with van der Waals surface area (Å²) in [4.78, 5) is 15.2. The summed E-state index contributed by atoms with van der Waals surface area (Å²) in [6.07, 6.45) is 5.36. The van der Waals surface area contributed by atoms with Crippen LogP contribution in [0.4, 0.5) is 0 Å². The monoisotopic (exact) mass is 325 g/mol. The molecule has 2 atom stereocenters. The second-order valence-electron chi connectivity index (χ2n) is 6.59. The van der Waals surface area contributed by atoms with Gasteiger partial charge >= 0.3 is 0 Å². The fourth-order valence-corrected chi connectivity index (χ4v) is 3.90. The quantitative estimate of drug-likeness (QED) is 0.887. The zero-order chi connectivity index (χ0) is 16.9. The molecule has 2 aromatic rings. The first-order valence-corrected chi connectivity index (χ1v) is 8.94. The number of carbonyl (C=O) groups excluding carboxylic acids is 1. The van der Waals surface area contributed by atoms with E-state index in [-0.39, 0.29) is 11.9 Å². The zero-order valence-corrected chi connectivity index (χ0v) is 14.4. The van der Waals surface area contributed by atoms with Crippen molar-refractivity contribution in [3.8, 4) is 0 Å². The molecule has 0 radical (unpaired) electrons. The molecule has 4 nitrogen and oxygen atoms in total. The van der Waals surface area contributed by atoms with Crippen LogP contribution in [0.25, 0.3) is 0 Å². The highest BCUT2D eigenvalue weighted by atomic mass is 16.2. The Kier molecular flexibility index (Phi) is 5.36. The summed E-state index contributed by atoms with van der Waals surface area (Å²) < 4.78 is 2.05. The van der Waals surface area contributed by atoms with Gasteiger partial charge in [0, 0.05) is 25.3 Å². The number of hydrogen-bond acceptors (Lipinski definition) is 2. The average Bonchev–Trinajstić information content (AvgIpc) is 3.25. The second-order valence-corrected chi connectivity index (χ2v) is 6.59. The average molecular weight is 325 g/mol. The van der Waals surface area contributed by atoms with Crippen LogP contribution in [-0.4, -0.2) is 34.5 Å². The fraction of sp³-hybridized carbons (Fsp3) is 0.450. The van der Waals surface area contributed by atoms with E-state index in [1.54, 1.807) is 0 Å². The van der Waals surface area contributed by atoms with Gasteiger partial charge in [-0.15, -0.1) is 0 Å². The van der Waals surface area contributed by atoms with Crippen molar-refractivity contribution in [1.82, 2.24) is 9.47 Å². The van der Waals surface area contributed by atoms with E-state index in [9.17, 15) is 4.79 Å². The third-order valence-corrected chi connectivity index (χ3v) is 5.17. The summed E-state index contributed by atoms with van der Waals surface area (Å²) in [6.45, 7) is 4.18. The summed E-state index contributed by atoms with van der Waals surface area (Å²) in [6, 6.07) is 14.4. The highest BCUT2D eigenvalue weighted by molar-refractivity contribution is 5.93. The van der Waals surface area contributed by atoms with Crippen molar-refractivity contribution in [2.24, 2.45) is 11.7 Å². The Bertz CT molecular complexity index is 665. The molecule has 4 heteroatoms. The largest absolute Gasteiger partial charge is 0.339 e. The molecule has 1 aromatic heterocycles. The van der Waals surface area contributed by atoms with Gasteiger partial charge in [0.05, 0.1) is 0 Å². The van der Waals surface area contributed by atoms with Gasteiger partial charge in [0.2, 0.25) is 0 Å². The number of benzene rings is 1. The Morgan fingerprint density at radius 2 is 2.00 bits per heavy atom. The van der Waals surface area contributed by atoms with E-state index >= 15 is 0 Å². The number of nitrogens with zero attached hydrogens (tertiary/aromatic N) is 2. The number of nitrogens with two attached hydrogens (primary N) is 1. The van der Waals surface area contributed by atoms with Crippen LogP contribution in [0.3, 0.4) is 0 Å². The van der Waals surface area contributed by atoms with Crippen molar-refractivity contribution in [3.05, 3.63) is 59.9 Å². The number of amides is 1. The first-order chi connectivity index (χ1) is 11.7. The summed E-state index contributed by atoms with van der Waals surface area (Å²) in [5.74, 6) is 0.565. The number of rotatable bonds is 6. The van der Waals surface area contributed by atoms with E-state index in [4.69, 9.17) is 5.73 Å². The first-order valence-electron chi connectivity index (χ1n) is 8.94. The maximum atomic E-state index is 13.2. The SMILES string of the molecule is CCN(C(=O)c1cccn1Cc1ccccc1)C1CCCC1CN. The van der Waals surface area contributed by atoms with Gasteiger partial charge in [0.1, 0.15) is 5.69 Å². The molecule has 2 N–H and O–H groups in total. The normalized spacial score (nSPS) is 20.2. The zero-order valence-electron chi connectivity index (χ0n) is 14.4. The maximum Gasteiger partial charge on any atom is 0.270 e. The second kappa shape index (κ2) is 7.67. The van der Waals surface area contributed by atoms with Gasteiger partial charge < -0.3 is 15.2 Å². The summed E-state index contributed by atoms with van der Waals surface area (Å²) in [7, 11) is 0. The van der Waals surface area contributed by atoms with Gasteiger partial charge in [-0.1, -0.05) is 36.8 Å². The van der Waals surface area contributed by atoms with Crippen LogP contribution >= 0.6 is 0 Å². The highest BCUT2D eigenvalue weighted by Crippen LogP contribution is 2.30. The van der Waals surface area contributed by atoms with Crippen molar-refractivity contribution in [1.29, 1.82) is 0 Å². The lowest BCUT2D eigenvalue weighted by Gasteiger charge is -2.32. The van der Waals surface area contributed by atoms with Crippen LogP contribution in [0.2, 0.25) is 0 Å². The molecule has 0 bridgehead atoms. The predicted octanol–water partition coefficient (Wildman–Crippen LogP) is 3.13. The van der Waals surface area contributed by atoms with E-state index in [0.29, 0.717) is 12.5 Å². The smallest absolute Gasteiger partial charge is 0.270 e. The predicted molar refractivity (Wildman–Crippen MR) is 96.9 cm³/mol. The molecular formula is C20H27N3O. The van der Waals surface area contributed by atoms with Crippen LogP contribution < -0.4 is 5.73 Å². The van der Waals surface area contributed by atoms with E-state index in [0.717, 1.165) is 31.6 Å². The molecule has 0 saturated heterocycles. The third kappa shape index (κ3) is 3.39. The van der Waals surface area contributed by atoms with Gasteiger partial charge in [-0.25, -0.2) is 0 Å². The fourth-order valence-electron chi connectivity index (χ4n) is 3.90. The number of carbonyl (C=O) groups is 1. The van der Waals surface area contributed by atoms with E-state index in [1.165, 1.54) is 12.0 Å². The van der Waals surface area contributed by atoms with Gasteiger partial charge in [-0.2, -0.15) is 0 Å². The summed E-state index contributed by atoms with van der Waals surface area (Å²) >= 11 is 0. The highest BCUT2D eigenvalue weighted by Gasteiger charge is 2.34. The van der Waals surface area contributed by atoms with Crippen LogP contribution in [0.15, 0.2) is 48.7 Å². The lowest BCUT2D eigenvalue weighted by Crippen LogP contribution is -2.44. The van der Waals surface area contributed by atoms with Gasteiger partial charge in [0.15, 0.2) is 0 Å². The van der Waals surface area contributed by atoms with Gasteiger partial charge in [-0.05, 0) is 49.9 Å². The standard InChI is InChI=1S/C20H27N3O/c1-2-23(18-11-6-10-17(18)14-21)20(24)19-12-7-13-22(19)15-16-8-4-3-5-9-16/h3-5,7-9,12-13,17-18H,2,6,10-11,14-15,21H2,1H3. The van der Waals surface area contributed by atoms with Crippen LogP contribution in [0.5, 0.6) is 0 Å². The van der Waals surface area contributed by atoms with Crippen molar-refractivity contribution in [2.75, 3.05) is 13.1 Å². The molecule has 0 aliphatic heterocycles.